The SMILES string of the molecule is COCc1ccc(CNC(=O)c2cnn(-c3ccc([N+](=O)[O-])cc3)c2)cc1. The Hall–Kier alpha value is -3.52. The van der Waals surface area contributed by atoms with Gasteiger partial charge in [0.25, 0.3) is 11.6 Å². The fourth-order valence-electron chi connectivity index (χ4n) is 2.51. The number of carbonyl (C=O) groups excluding carboxylic acids is 1. The van der Waals surface area contributed by atoms with Gasteiger partial charge in [-0.3, -0.25) is 14.9 Å². The molecule has 0 fully saturated rings. The summed E-state index contributed by atoms with van der Waals surface area (Å²) in [5.74, 6) is -0.246. The molecule has 0 spiro atoms. The van der Waals surface area contributed by atoms with Crippen LogP contribution in [0, 0.1) is 10.1 Å². The first-order valence-corrected chi connectivity index (χ1v) is 8.21. The Morgan fingerprint density at radius 3 is 2.44 bits per heavy atom. The summed E-state index contributed by atoms with van der Waals surface area (Å²) in [6, 6.07) is 13.7. The first-order chi connectivity index (χ1) is 13.1. The number of nitrogens with zero attached hydrogens (tertiary/aromatic N) is 3. The minimum atomic E-state index is -0.465. The van der Waals surface area contributed by atoms with E-state index in [0.29, 0.717) is 24.4 Å². The van der Waals surface area contributed by atoms with Crippen LogP contribution in [-0.2, 0) is 17.9 Å². The summed E-state index contributed by atoms with van der Waals surface area (Å²) < 4.78 is 6.57. The van der Waals surface area contributed by atoms with Crippen LogP contribution in [0.15, 0.2) is 60.9 Å². The van der Waals surface area contributed by atoms with E-state index in [1.807, 2.05) is 24.3 Å². The monoisotopic (exact) mass is 366 g/mol. The maximum absolute atomic E-state index is 12.3. The zero-order chi connectivity index (χ0) is 19.2. The predicted octanol–water partition coefficient (Wildman–Crippen LogP) is 2.86. The van der Waals surface area contributed by atoms with Crippen molar-refractivity contribution in [2.75, 3.05) is 7.11 Å². The van der Waals surface area contributed by atoms with Gasteiger partial charge >= 0.3 is 0 Å². The van der Waals surface area contributed by atoms with Gasteiger partial charge in [-0.2, -0.15) is 5.10 Å². The van der Waals surface area contributed by atoms with Gasteiger partial charge in [0.2, 0.25) is 0 Å². The van der Waals surface area contributed by atoms with Gasteiger partial charge < -0.3 is 10.1 Å². The Kier molecular flexibility index (Phi) is 5.58. The maximum Gasteiger partial charge on any atom is 0.269 e. The number of carbonyl (C=O) groups is 1. The number of nitro benzene ring substituents is 1. The lowest BCUT2D eigenvalue weighted by molar-refractivity contribution is -0.384. The highest BCUT2D eigenvalue weighted by atomic mass is 16.6. The average molecular weight is 366 g/mol. The average Bonchev–Trinajstić information content (AvgIpc) is 3.18. The lowest BCUT2D eigenvalue weighted by atomic mass is 10.1. The number of amides is 1. The Balaban J connectivity index is 1.61. The molecule has 0 aliphatic heterocycles. The van der Waals surface area contributed by atoms with Crippen LogP contribution in [0.2, 0.25) is 0 Å². The van der Waals surface area contributed by atoms with Gasteiger partial charge in [0.15, 0.2) is 0 Å². The Morgan fingerprint density at radius 1 is 1.15 bits per heavy atom. The molecule has 3 rings (SSSR count). The van der Waals surface area contributed by atoms with E-state index < -0.39 is 4.92 Å². The number of hydrogen-bond acceptors (Lipinski definition) is 5. The van der Waals surface area contributed by atoms with E-state index in [0.717, 1.165) is 11.1 Å². The number of methoxy groups -OCH3 is 1. The van der Waals surface area contributed by atoms with Crippen LogP contribution < -0.4 is 5.32 Å². The van der Waals surface area contributed by atoms with Gasteiger partial charge in [0.1, 0.15) is 0 Å². The van der Waals surface area contributed by atoms with E-state index in [1.54, 1.807) is 25.4 Å². The molecule has 0 saturated carbocycles. The fraction of sp³-hybridized carbons (Fsp3) is 0.158. The molecule has 0 aliphatic carbocycles. The lowest BCUT2D eigenvalue weighted by Crippen LogP contribution is -2.22. The zero-order valence-corrected chi connectivity index (χ0v) is 14.7. The molecule has 8 heteroatoms. The highest BCUT2D eigenvalue weighted by molar-refractivity contribution is 5.93. The van der Waals surface area contributed by atoms with Crippen LogP contribution in [0.25, 0.3) is 5.69 Å². The number of benzene rings is 2. The van der Waals surface area contributed by atoms with E-state index >= 15 is 0 Å². The van der Waals surface area contributed by atoms with Gasteiger partial charge in [0, 0.05) is 32.0 Å². The van der Waals surface area contributed by atoms with E-state index in [1.165, 1.54) is 23.0 Å². The summed E-state index contributed by atoms with van der Waals surface area (Å²) >= 11 is 0. The minimum Gasteiger partial charge on any atom is -0.380 e. The fourth-order valence-corrected chi connectivity index (χ4v) is 2.51. The van der Waals surface area contributed by atoms with Crippen molar-refractivity contribution in [2.45, 2.75) is 13.2 Å². The van der Waals surface area contributed by atoms with E-state index in [4.69, 9.17) is 4.74 Å². The third-order valence-corrected chi connectivity index (χ3v) is 3.96. The second-order valence-electron chi connectivity index (χ2n) is 5.88. The molecule has 3 aromatic rings. The normalized spacial score (nSPS) is 10.6. The summed E-state index contributed by atoms with van der Waals surface area (Å²) in [4.78, 5) is 22.5. The van der Waals surface area contributed by atoms with Crippen molar-refractivity contribution in [1.29, 1.82) is 0 Å². The molecule has 0 aliphatic rings. The quantitative estimate of drug-likeness (QED) is 0.512. The van der Waals surface area contributed by atoms with E-state index in [9.17, 15) is 14.9 Å². The number of non-ortho nitro benzene ring substituents is 1. The smallest absolute Gasteiger partial charge is 0.269 e. The van der Waals surface area contributed by atoms with Crippen molar-refractivity contribution < 1.29 is 14.5 Å². The van der Waals surface area contributed by atoms with Crippen LogP contribution in [0.3, 0.4) is 0 Å². The minimum absolute atomic E-state index is 0.000362. The Labute approximate surface area is 155 Å². The molecular weight excluding hydrogens is 348 g/mol. The van der Waals surface area contributed by atoms with Gasteiger partial charge in [-0.05, 0) is 23.3 Å². The number of ether oxygens (including phenoxy) is 1. The third-order valence-electron chi connectivity index (χ3n) is 3.96. The van der Waals surface area contributed by atoms with Crippen molar-refractivity contribution in [3.05, 3.63) is 87.7 Å². The molecule has 0 saturated heterocycles. The van der Waals surface area contributed by atoms with Gasteiger partial charge in [-0.1, -0.05) is 24.3 Å². The second-order valence-corrected chi connectivity index (χ2v) is 5.88. The first kappa shape index (κ1) is 18.3. The molecule has 2 aromatic carbocycles. The molecule has 1 N–H and O–H groups in total. The number of aromatic nitrogens is 2. The van der Waals surface area contributed by atoms with Gasteiger partial charge in [-0.25, -0.2) is 4.68 Å². The number of nitrogens with one attached hydrogen (secondary N) is 1. The highest BCUT2D eigenvalue weighted by Gasteiger charge is 2.10. The Morgan fingerprint density at radius 2 is 1.81 bits per heavy atom. The molecule has 0 radical (unpaired) electrons. The van der Waals surface area contributed by atoms with Crippen molar-refractivity contribution >= 4 is 11.6 Å². The molecule has 27 heavy (non-hydrogen) atoms. The first-order valence-electron chi connectivity index (χ1n) is 8.21. The highest BCUT2D eigenvalue weighted by Crippen LogP contribution is 2.15. The topological polar surface area (TPSA) is 99.3 Å². The van der Waals surface area contributed by atoms with Crippen molar-refractivity contribution in [3.8, 4) is 5.69 Å². The summed E-state index contributed by atoms with van der Waals surface area (Å²) in [6.07, 6.45) is 3.04. The van der Waals surface area contributed by atoms with Crippen LogP contribution in [0.4, 0.5) is 5.69 Å². The molecule has 0 bridgehead atoms. The summed E-state index contributed by atoms with van der Waals surface area (Å²) in [5.41, 5.74) is 3.08. The Bertz CT molecular complexity index is 933. The summed E-state index contributed by atoms with van der Waals surface area (Å²) in [5, 5.41) is 17.7. The maximum atomic E-state index is 12.3. The van der Waals surface area contributed by atoms with Crippen LogP contribution in [0.5, 0.6) is 0 Å². The third kappa shape index (κ3) is 4.56. The zero-order valence-electron chi connectivity index (χ0n) is 14.7. The standard InChI is InChI=1S/C19H18N4O4/c1-27-13-15-4-2-14(3-5-15)10-20-19(24)16-11-21-22(12-16)17-6-8-18(9-7-17)23(25)26/h2-9,11-12H,10,13H2,1H3,(H,20,24). The van der Waals surface area contributed by atoms with Gasteiger partial charge in [0.05, 0.1) is 29.0 Å². The molecule has 8 nitrogen and oxygen atoms in total. The molecule has 0 atom stereocenters. The van der Waals surface area contributed by atoms with Gasteiger partial charge in [-0.15, -0.1) is 0 Å². The predicted molar refractivity (Wildman–Crippen MR) is 98.5 cm³/mol. The number of rotatable bonds is 7. The molecule has 1 aromatic heterocycles. The number of nitro groups is 1. The van der Waals surface area contributed by atoms with Crippen molar-refractivity contribution in [3.63, 3.8) is 0 Å². The molecule has 0 unspecified atom stereocenters. The molecule has 1 heterocycles. The van der Waals surface area contributed by atoms with Crippen LogP contribution >= 0.6 is 0 Å². The van der Waals surface area contributed by atoms with Crippen LogP contribution in [0.1, 0.15) is 21.5 Å². The largest absolute Gasteiger partial charge is 0.380 e. The summed E-state index contributed by atoms with van der Waals surface area (Å²) in [6.45, 7) is 0.948. The van der Waals surface area contributed by atoms with Crippen LogP contribution in [-0.4, -0.2) is 27.7 Å². The summed E-state index contributed by atoms with van der Waals surface area (Å²) in [7, 11) is 1.64. The lowest BCUT2D eigenvalue weighted by Gasteiger charge is -2.05. The van der Waals surface area contributed by atoms with E-state index in [2.05, 4.69) is 10.4 Å². The molecule has 1 amide bonds. The van der Waals surface area contributed by atoms with E-state index in [-0.39, 0.29) is 11.6 Å². The van der Waals surface area contributed by atoms with Crippen molar-refractivity contribution in [1.82, 2.24) is 15.1 Å². The molecule has 138 valence electrons. The second kappa shape index (κ2) is 8.24. The molecular formula is C19H18N4O4. The number of hydrogen-bond donors (Lipinski definition) is 1. The van der Waals surface area contributed by atoms with Crippen molar-refractivity contribution in [2.24, 2.45) is 0 Å².